The standard InChI is InChI=1S/C26H35N7O2/c1-2-35-25(34)18-7-5-6-17(14-18)15-28-23-22-24(33(16-29-22)21-8-3-4-9-21)32-26(31-23)30-20-12-10-19(27)11-13-20/h5-7,14,16,19-21H,2-4,8-13,15,27H2,1H3,(H2,28,30,31,32)/t19-,20-. The van der Waals surface area contributed by atoms with Crippen molar-refractivity contribution >= 4 is 28.9 Å². The number of benzene rings is 1. The first-order chi connectivity index (χ1) is 17.1. The molecule has 0 saturated heterocycles. The van der Waals surface area contributed by atoms with Gasteiger partial charge in [0.15, 0.2) is 17.0 Å². The average molecular weight is 478 g/mol. The molecule has 0 unspecified atom stereocenters. The summed E-state index contributed by atoms with van der Waals surface area (Å²) in [5, 5.41) is 7.01. The van der Waals surface area contributed by atoms with Gasteiger partial charge in [0.1, 0.15) is 0 Å². The average Bonchev–Trinajstić information content (AvgIpc) is 3.54. The van der Waals surface area contributed by atoms with Gasteiger partial charge in [0.25, 0.3) is 0 Å². The first-order valence-corrected chi connectivity index (χ1v) is 12.9. The maximum Gasteiger partial charge on any atom is 0.338 e. The van der Waals surface area contributed by atoms with Crippen LogP contribution in [0.5, 0.6) is 0 Å². The summed E-state index contributed by atoms with van der Waals surface area (Å²) < 4.78 is 7.36. The topological polar surface area (TPSA) is 120 Å². The van der Waals surface area contributed by atoms with Gasteiger partial charge < -0.3 is 25.7 Å². The molecule has 2 saturated carbocycles. The Morgan fingerprint density at radius 1 is 1.14 bits per heavy atom. The fraction of sp³-hybridized carbons (Fsp3) is 0.538. The zero-order chi connectivity index (χ0) is 24.2. The van der Waals surface area contributed by atoms with E-state index < -0.39 is 0 Å². The second kappa shape index (κ2) is 10.6. The number of hydrogen-bond donors (Lipinski definition) is 3. The zero-order valence-corrected chi connectivity index (χ0v) is 20.4. The Hall–Kier alpha value is -3.20. The van der Waals surface area contributed by atoms with Crippen molar-refractivity contribution in [1.82, 2.24) is 19.5 Å². The molecule has 0 bridgehead atoms. The maximum absolute atomic E-state index is 12.1. The molecule has 0 radical (unpaired) electrons. The third kappa shape index (κ3) is 5.40. The third-order valence-corrected chi connectivity index (χ3v) is 7.14. The van der Waals surface area contributed by atoms with Crippen LogP contribution in [0.3, 0.4) is 0 Å². The predicted octanol–water partition coefficient (Wildman–Crippen LogP) is 4.41. The lowest BCUT2D eigenvalue weighted by atomic mass is 9.92. The number of fused-ring (bicyclic) bond motifs is 1. The number of anilines is 2. The van der Waals surface area contributed by atoms with Crippen molar-refractivity contribution in [1.29, 1.82) is 0 Å². The number of hydrogen-bond acceptors (Lipinski definition) is 8. The van der Waals surface area contributed by atoms with Crippen molar-refractivity contribution in [3.8, 4) is 0 Å². The van der Waals surface area contributed by atoms with Gasteiger partial charge in [-0.25, -0.2) is 9.78 Å². The number of imidazole rings is 1. The van der Waals surface area contributed by atoms with Crippen LogP contribution < -0.4 is 16.4 Å². The smallest absolute Gasteiger partial charge is 0.338 e. The number of nitrogens with one attached hydrogen (secondary N) is 2. The van der Waals surface area contributed by atoms with Crippen LogP contribution in [0.2, 0.25) is 0 Å². The van der Waals surface area contributed by atoms with Gasteiger partial charge in [0.2, 0.25) is 5.95 Å². The number of rotatable bonds is 8. The number of nitrogens with two attached hydrogens (primary N) is 1. The predicted molar refractivity (Wildman–Crippen MR) is 136 cm³/mol. The van der Waals surface area contributed by atoms with Crippen LogP contribution in [-0.2, 0) is 11.3 Å². The Morgan fingerprint density at radius 2 is 1.94 bits per heavy atom. The number of carbonyl (C=O) groups excluding carboxylic acids is 1. The molecule has 186 valence electrons. The van der Waals surface area contributed by atoms with E-state index in [0.29, 0.717) is 48.6 Å². The lowest BCUT2D eigenvalue weighted by molar-refractivity contribution is 0.0526. The van der Waals surface area contributed by atoms with E-state index in [0.717, 1.165) is 55.3 Å². The molecule has 2 aliphatic carbocycles. The maximum atomic E-state index is 12.1. The highest BCUT2D eigenvalue weighted by Gasteiger charge is 2.24. The monoisotopic (exact) mass is 477 g/mol. The first kappa shape index (κ1) is 23.5. The summed E-state index contributed by atoms with van der Waals surface area (Å²) in [6.45, 7) is 2.67. The summed E-state index contributed by atoms with van der Waals surface area (Å²) in [6, 6.07) is 8.53. The normalized spacial score (nSPS) is 20.7. The molecule has 1 aromatic carbocycles. The number of carbonyl (C=O) groups is 1. The Balaban J connectivity index is 1.41. The summed E-state index contributed by atoms with van der Waals surface area (Å²) in [5.74, 6) is 1.01. The second-order valence-electron chi connectivity index (χ2n) is 9.69. The summed E-state index contributed by atoms with van der Waals surface area (Å²) in [5.41, 5.74) is 9.24. The van der Waals surface area contributed by atoms with Crippen molar-refractivity contribution in [2.24, 2.45) is 5.73 Å². The number of nitrogens with zero attached hydrogens (tertiary/aromatic N) is 4. The van der Waals surface area contributed by atoms with Gasteiger partial charge in [0.05, 0.1) is 18.5 Å². The van der Waals surface area contributed by atoms with Crippen molar-refractivity contribution in [3.05, 3.63) is 41.7 Å². The van der Waals surface area contributed by atoms with Gasteiger partial charge in [-0.3, -0.25) is 0 Å². The van der Waals surface area contributed by atoms with Crippen molar-refractivity contribution in [2.75, 3.05) is 17.2 Å². The van der Waals surface area contributed by atoms with Gasteiger partial charge in [-0.1, -0.05) is 25.0 Å². The van der Waals surface area contributed by atoms with E-state index in [-0.39, 0.29) is 5.97 Å². The largest absolute Gasteiger partial charge is 0.462 e. The Morgan fingerprint density at radius 3 is 2.71 bits per heavy atom. The summed E-state index contributed by atoms with van der Waals surface area (Å²) in [6.07, 6.45) is 10.8. The number of esters is 1. The molecule has 2 aliphatic rings. The molecule has 2 aromatic heterocycles. The van der Waals surface area contributed by atoms with Crippen LogP contribution >= 0.6 is 0 Å². The van der Waals surface area contributed by atoms with Gasteiger partial charge in [-0.2, -0.15) is 9.97 Å². The minimum atomic E-state index is -0.312. The van der Waals surface area contributed by atoms with Crippen LogP contribution in [0, 0.1) is 0 Å². The molecular formula is C26H35N7O2. The zero-order valence-electron chi connectivity index (χ0n) is 20.4. The molecule has 0 spiro atoms. The molecule has 4 N–H and O–H groups in total. The van der Waals surface area contributed by atoms with Gasteiger partial charge >= 0.3 is 5.97 Å². The molecular weight excluding hydrogens is 442 g/mol. The SMILES string of the molecule is CCOC(=O)c1cccc(CNc2nc(N[C@H]3CC[C@H](N)CC3)nc3c2ncn3C2CCCC2)c1. The highest BCUT2D eigenvalue weighted by Crippen LogP contribution is 2.33. The third-order valence-electron chi connectivity index (χ3n) is 7.14. The molecule has 9 heteroatoms. The molecule has 2 heterocycles. The van der Waals surface area contributed by atoms with E-state index in [2.05, 4.69) is 15.2 Å². The molecule has 2 fully saturated rings. The Labute approximate surface area is 205 Å². The van der Waals surface area contributed by atoms with Crippen LogP contribution in [0.25, 0.3) is 11.2 Å². The van der Waals surface area contributed by atoms with E-state index in [4.69, 9.17) is 25.4 Å². The molecule has 9 nitrogen and oxygen atoms in total. The second-order valence-corrected chi connectivity index (χ2v) is 9.69. The summed E-state index contributed by atoms with van der Waals surface area (Å²) >= 11 is 0. The molecule has 0 aliphatic heterocycles. The van der Waals surface area contributed by atoms with Crippen LogP contribution in [0.4, 0.5) is 11.8 Å². The fourth-order valence-electron chi connectivity index (χ4n) is 5.21. The van der Waals surface area contributed by atoms with Crippen molar-refractivity contribution in [2.45, 2.75) is 83.0 Å². The van der Waals surface area contributed by atoms with E-state index in [1.165, 1.54) is 12.8 Å². The quantitative estimate of drug-likeness (QED) is 0.408. The lowest BCUT2D eigenvalue weighted by Gasteiger charge is -2.27. The minimum Gasteiger partial charge on any atom is -0.462 e. The first-order valence-electron chi connectivity index (χ1n) is 12.9. The highest BCUT2D eigenvalue weighted by atomic mass is 16.5. The van der Waals surface area contributed by atoms with Crippen molar-refractivity contribution < 1.29 is 9.53 Å². The Kier molecular flexibility index (Phi) is 7.13. The fourth-order valence-corrected chi connectivity index (χ4v) is 5.21. The summed E-state index contributed by atoms with van der Waals surface area (Å²) in [7, 11) is 0. The van der Waals surface area contributed by atoms with Crippen molar-refractivity contribution in [3.63, 3.8) is 0 Å². The molecule has 35 heavy (non-hydrogen) atoms. The van der Waals surface area contributed by atoms with E-state index >= 15 is 0 Å². The number of aromatic nitrogens is 4. The van der Waals surface area contributed by atoms with E-state index in [1.807, 2.05) is 31.5 Å². The van der Waals surface area contributed by atoms with Crippen LogP contribution in [-0.4, -0.2) is 44.2 Å². The van der Waals surface area contributed by atoms with Gasteiger partial charge in [0, 0.05) is 24.7 Å². The molecule has 5 rings (SSSR count). The van der Waals surface area contributed by atoms with Crippen LogP contribution in [0.1, 0.15) is 80.3 Å². The van der Waals surface area contributed by atoms with Gasteiger partial charge in [-0.15, -0.1) is 0 Å². The van der Waals surface area contributed by atoms with E-state index in [9.17, 15) is 4.79 Å². The minimum absolute atomic E-state index is 0.294. The Bertz CT molecular complexity index is 1160. The van der Waals surface area contributed by atoms with Gasteiger partial charge in [-0.05, 0) is 63.1 Å². The molecule has 0 atom stereocenters. The van der Waals surface area contributed by atoms with E-state index in [1.54, 1.807) is 6.07 Å². The molecule has 0 amide bonds. The van der Waals surface area contributed by atoms with Crippen LogP contribution in [0.15, 0.2) is 30.6 Å². The molecule has 3 aromatic rings. The number of ether oxygens (including phenoxy) is 1. The summed E-state index contributed by atoms with van der Waals surface area (Å²) in [4.78, 5) is 26.6. The highest BCUT2D eigenvalue weighted by molar-refractivity contribution is 5.89. The lowest BCUT2D eigenvalue weighted by Crippen LogP contribution is -2.33.